The quantitative estimate of drug-likeness (QED) is 0.740. The number of carbonyl (C=O) groups is 2. The summed E-state index contributed by atoms with van der Waals surface area (Å²) in [6.07, 6.45) is 3.42. The van der Waals surface area contributed by atoms with Crippen molar-refractivity contribution in [2.24, 2.45) is 0 Å². The second kappa shape index (κ2) is 6.37. The van der Waals surface area contributed by atoms with Gasteiger partial charge in [-0.05, 0) is 24.3 Å². The predicted octanol–water partition coefficient (Wildman–Crippen LogP) is 3.47. The number of anilines is 1. The zero-order valence-corrected chi connectivity index (χ0v) is 13.6. The van der Waals surface area contributed by atoms with Crippen molar-refractivity contribution < 1.29 is 18.5 Å². The van der Waals surface area contributed by atoms with E-state index in [1.165, 1.54) is 24.3 Å². The van der Waals surface area contributed by atoms with Gasteiger partial charge < -0.3 is 5.32 Å². The highest BCUT2D eigenvalue weighted by Gasteiger charge is 2.38. The van der Waals surface area contributed by atoms with E-state index >= 15 is 0 Å². The van der Waals surface area contributed by atoms with Gasteiger partial charge in [0.1, 0.15) is 5.82 Å². The van der Waals surface area contributed by atoms with Gasteiger partial charge in [-0.25, -0.2) is 4.39 Å². The van der Waals surface area contributed by atoms with Crippen molar-refractivity contribution in [3.05, 3.63) is 102 Å². The maximum absolute atomic E-state index is 13.2. The smallest absolute Gasteiger partial charge is 0.286 e. The molecule has 0 fully saturated rings. The van der Waals surface area contributed by atoms with E-state index < -0.39 is 0 Å². The predicted molar refractivity (Wildman–Crippen MR) is 95.0 cm³/mol. The lowest BCUT2D eigenvalue weighted by molar-refractivity contribution is -0.577. The zero-order chi connectivity index (χ0) is 18.1. The number of benzene rings is 2. The molecule has 4 rings (SSSR count). The van der Waals surface area contributed by atoms with E-state index in [0.29, 0.717) is 16.8 Å². The second-order valence-corrected chi connectivity index (χ2v) is 5.84. The van der Waals surface area contributed by atoms with Crippen molar-refractivity contribution in [1.82, 2.24) is 0 Å². The Bertz CT molecular complexity index is 1040. The lowest BCUT2D eigenvalue weighted by atomic mass is 9.90. The fourth-order valence-electron chi connectivity index (χ4n) is 2.95. The van der Waals surface area contributed by atoms with Crippen LogP contribution < -0.4 is 9.88 Å². The molecule has 0 atom stereocenters. The second-order valence-electron chi connectivity index (χ2n) is 5.84. The van der Waals surface area contributed by atoms with E-state index in [-0.39, 0.29) is 28.8 Å². The van der Waals surface area contributed by atoms with Crippen LogP contribution >= 0.6 is 0 Å². The van der Waals surface area contributed by atoms with Crippen molar-refractivity contribution in [3.63, 3.8) is 0 Å². The normalized spacial score (nSPS) is 13.6. The summed E-state index contributed by atoms with van der Waals surface area (Å²) in [6, 6.07) is 17.7. The van der Waals surface area contributed by atoms with E-state index in [1.54, 1.807) is 53.4 Å². The Balaban J connectivity index is 1.90. The summed E-state index contributed by atoms with van der Waals surface area (Å²) in [6.45, 7) is 0. The highest BCUT2D eigenvalue weighted by molar-refractivity contribution is 6.36. The molecule has 1 aliphatic rings. The Labute approximate surface area is 149 Å². The summed E-state index contributed by atoms with van der Waals surface area (Å²) in [5.41, 5.74) is 1.64. The van der Waals surface area contributed by atoms with E-state index in [0.717, 1.165) is 0 Å². The molecular formula is C21H14FN2O2+. The van der Waals surface area contributed by atoms with E-state index in [1.807, 2.05) is 6.07 Å². The number of aromatic nitrogens is 1. The molecule has 0 spiro atoms. The van der Waals surface area contributed by atoms with E-state index in [4.69, 9.17) is 0 Å². The number of halogens is 1. The maximum atomic E-state index is 13.2. The summed E-state index contributed by atoms with van der Waals surface area (Å²) in [4.78, 5) is 26.1. The number of allylic oxidation sites excluding steroid dienone is 2. The average molecular weight is 345 g/mol. The van der Waals surface area contributed by atoms with Gasteiger partial charge in [-0.3, -0.25) is 9.59 Å². The molecule has 1 aliphatic carbocycles. The number of rotatable bonds is 3. The first-order chi connectivity index (χ1) is 12.6. The summed E-state index contributed by atoms with van der Waals surface area (Å²) in [5.74, 6) is -0.907. The highest BCUT2D eigenvalue weighted by atomic mass is 19.1. The number of nitrogens with one attached hydrogen (secondary N) is 1. The first-order valence-electron chi connectivity index (χ1n) is 8.07. The molecule has 26 heavy (non-hydrogen) atoms. The standard InChI is InChI=1S/C21H13FN2O2/c22-14-8-10-15(11-9-14)23-18-19(24-12-4-1-5-13-24)21(26)17-7-3-2-6-16(17)20(18)25/h1-13H/p+1. The first kappa shape index (κ1) is 15.9. The Hall–Kier alpha value is -3.60. The van der Waals surface area contributed by atoms with Crippen molar-refractivity contribution >= 4 is 23.0 Å². The van der Waals surface area contributed by atoms with E-state index in [9.17, 15) is 14.0 Å². The number of hydrogen-bond acceptors (Lipinski definition) is 3. The van der Waals surface area contributed by atoms with Gasteiger partial charge in [-0.1, -0.05) is 30.3 Å². The molecule has 0 radical (unpaired) electrons. The van der Waals surface area contributed by atoms with Crippen LogP contribution in [0, 0.1) is 5.82 Å². The molecule has 126 valence electrons. The fourth-order valence-corrected chi connectivity index (χ4v) is 2.95. The van der Waals surface area contributed by atoms with Crippen molar-refractivity contribution in [2.75, 3.05) is 5.32 Å². The Morgan fingerprint density at radius 3 is 2.00 bits per heavy atom. The molecule has 2 aromatic carbocycles. The van der Waals surface area contributed by atoms with Crippen molar-refractivity contribution in [2.45, 2.75) is 0 Å². The number of fused-ring (bicyclic) bond motifs is 1. The summed E-state index contributed by atoms with van der Waals surface area (Å²) in [5, 5.41) is 3.00. The van der Waals surface area contributed by atoms with Crippen LogP contribution in [0.15, 0.2) is 84.8 Å². The molecule has 1 aromatic heterocycles. The number of Topliss-reactive ketones (excluding diaryl/α,β-unsaturated/α-hetero) is 2. The molecule has 3 aromatic rings. The fraction of sp³-hybridized carbons (Fsp3) is 0. The van der Waals surface area contributed by atoms with Crippen LogP contribution in [0.25, 0.3) is 5.70 Å². The molecular weight excluding hydrogens is 331 g/mol. The summed E-state index contributed by atoms with van der Waals surface area (Å²) < 4.78 is 14.8. The Morgan fingerprint density at radius 1 is 0.731 bits per heavy atom. The molecule has 1 heterocycles. The highest BCUT2D eigenvalue weighted by Crippen LogP contribution is 2.27. The number of nitrogens with zero attached hydrogens (tertiary/aromatic N) is 1. The largest absolute Gasteiger partial charge is 0.347 e. The van der Waals surface area contributed by atoms with Crippen LogP contribution in [-0.4, -0.2) is 11.6 Å². The molecule has 5 heteroatoms. The van der Waals surface area contributed by atoms with Gasteiger partial charge in [0, 0.05) is 28.9 Å². The number of carbonyl (C=O) groups excluding carboxylic acids is 2. The molecule has 0 unspecified atom stereocenters. The lowest BCUT2D eigenvalue weighted by Gasteiger charge is -2.18. The van der Waals surface area contributed by atoms with E-state index in [2.05, 4.69) is 5.32 Å². The molecule has 0 amide bonds. The third-order valence-electron chi connectivity index (χ3n) is 4.18. The number of pyridine rings is 1. The minimum Gasteiger partial charge on any atom is -0.347 e. The maximum Gasteiger partial charge on any atom is 0.286 e. The van der Waals surface area contributed by atoms with Gasteiger partial charge in [0.15, 0.2) is 18.1 Å². The minimum atomic E-state index is -0.376. The topological polar surface area (TPSA) is 50.1 Å². The molecule has 4 nitrogen and oxygen atoms in total. The van der Waals surface area contributed by atoms with Crippen LogP contribution in [0.4, 0.5) is 10.1 Å². The molecule has 0 saturated carbocycles. The van der Waals surface area contributed by atoms with Crippen LogP contribution in [0.3, 0.4) is 0 Å². The number of ketones is 2. The van der Waals surface area contributed by atoms with Gasteiger partial charge in [0.2, 0.25) is 5.78 Å². The minimum absolute atomic E-state index is 0.163. The van der Waals surface area contributed by atoms with Gasteiger partial charge in [-0.15, -0.1) is 0 Å². The molecule has 0 aliphatic heterocycles. The monoisotopic (exact) mass is 345 g/mol. The summed E-state index contributed by atoms with van der Waals surface area (Å²) >= 11 is 0. The van der Waals surface area contributed by atoms with Gasteiger partial charge >= 0.3 is 0 Å². The molecule has 0 bridgehead atoms. The van der Waals surface area contributed by atoms with Crippen LogP contribution in [0.1, 0.15) is 20.7 Å². The third-order valence-corrected chi connectivity index (χ3v) is 4.18. The van der Waals surface area contributed by atoms with Crippen LogP contribution in [0.5, 0.6) is 0 Å². The van der Waals surface area contributed by atoms with Crippen molar-refractivity contribution in [1.29, 1.82) is 0 Å². The van der Waals surface area contributed by atoms with Crippen LogP contribution in [-0.2, 0) is 0 Å². The van der Waals surface area contributed by atoms with Crippen LogP contribution in [0.2, 0.25) is 0 Å². The average Bonchev–Trinajstić information content (AvgIpc) is 2.68. The summed E-state index contributed by atoms with van der Waals surface area (Å²) in [7, 11) is 0. The zero-order valence-electron chi connectivity index (χ0n) is 13.6. The van der Waals surface area contributed by atoms with Gasteiger partial charge in [-0.2, -0.15) is 4.57 Å². The molecule has 0 saturated heterocycles. The molecule has 1 N–H and O–H groups in total. The Kier molecular flexibility index (Phi) is 3.89. The first-order valence-corrected chi connectivity index (χ1v) is 8.07. The van der Waals surface area contributed by atoms with Crippen molar-refractivity contribution in [3.8, 4) is 0 Å². The SMILES string of the molecule is O=C1C(Nc2ccc(F)cc2)=C([n+]2ccccc2)C(=O)c2ccccc21. The van der Waals surface area contributed by atoms with Gasteiger partial charge in [0.25, 0.3) is 11.5 Å². The third kappa shape index (κ3) is 2.69. The Morgan fingerprint density at radius 2 is 1.35 bits per heavy atom. The lowest BCUT2D eigenvalue weighted by Crippen LogP contribution is -2.41. The number of hydrogen-bond donors (Lipinski definition) is 1. The van der Waals surface area contributed by atoms with Gasteiger partial charge in [0.05, 0.1) is 0 Å².